The summed E-state index contributed by atoms with van der Waals surface area (Å²) >= 11 is 0. The molecule has 41 heavy (non-hydrogen) atoms. The average Bonchev–Trinajstić information content (AvgIpc) is 2.88. The molecule has 0 aromatic heterocycles. The molecule has 0 spiro atoms. The third-order valence-electron chi connectivity index (χ3n) is 7.40. The molecule has 1 rings (SSSR count). The van der Waals surface area contributed by atoms with Crippen LogP contribution in [0.25, 0.3) is 0 Å². The van der Waals surface area contributed by atoms with Gasteiger partial charge in [-0.3, -0.25) is 14.4 Å². The van der Waals surface area contributed by atoms with Gasteiger partial charge in [-0.2, -0.15) is 0 Å². The van der Waals surface area contributed by atoms with Crippen molar-refractivity contribution >= 4 is 24.1 Å². The van der Waals surface area contributed by atoms with Crippen molar-refractivity contribution < 1.29 is 42.9 Å². The summed E-state index contributed by atoms with van der Waals surface area (Å²) in [6.07, 6.45) is -2.67. The Kier molecular flexibility index (Phi) is 14.3. The van der Waals surface area contributed by atoms with Gasteiger partial charge < -0.3 is 29.4 Å². The van der Waals surface area contributed by atoms with Crippen molar-refractivity contribution in [1.82, 2.24) is 0 Å². The first kappa shape index (κ1) is 35.9. The predicted octanol–water partition coefficient (Wildman–Crippen LogP) is 5.47. The minimum atomic E-state index is -1.06. The zero-order chi connectivity index (χ0) is 31.6. The molecule has 232 valence electrons. The number of esters is 3. The molecule has 6 atom stereocenters. The smallest absolute Gasteiger partial charge is 0.458 e. The Hall–Kier alpha value is -3.14. The van der Waals surface area contributed by atoms with Crippen LogP contribution < -0.4 is 15.2 Å². The second-order valence-electron chi connectivity index (χ2n) is 11.8. The molecule has 10 heteroatoms. The van der Waals surface area contributed by atoms with Gasteiger partial charge in [-0.05, 0) is 62.6 Å². The summed E-state index contributed by atoms with van der Waals surface area (Å²) in [5, 5.41) is 0. The van der Waals surface area contributed by atoms with Crippen LogP contribution in [0.1, 0.15) is 81.7 Å². The van der Waals surface area contributed by atoms with E-state index in [1.165, 1.54) is 12.1 Å². The highest BCUT2D eigenvalue weighted by Crippen LogP contribution is 2.31. The fourth-order valence-corrected chi connectivity index (χ4v) is 3.06. The van der Waals surface area contributed by atoms with Crippen LogP contribution in [0, 0.1) is 29.6 Å². The van der Waals surface area contributed by atoms with E-state index in [2.05, 4.69) is 0 Å². The predicted molar refractivity (Wildman–Crippen MR) is 154 cm³/mol. The maximum absolute atomic E-state index is 12.7. The molecule has 1 aromatic rings. The van der Waals surface area contributed by atoms with Gasteiger partial charge in [0.05, 0.1) is 11.8 Å². The maximum atomic E-state index is 12.7. The van der Waals surface area contributed by atoms with Crippen LogP contribution in [0.2, 0.25) is 0 Å². The molecular weight excluding hydrogens is 530 g/mol. The highest BCUT2D eigenvalue weighted by molar-refractivity contribution is 5.79. The van der Waals surface area contributed by atoms with Gasteiger partial charge in [-0.25, -0.2) is 4.79 Å². The number of benzene rings is 1. The third kappa shape index (κ3) is 11.7. The van der Waals surface area contributed by atoms with Crippen LogP contribution in [0.4, 0.5) is 4.79 Å². The molecule has 2 N–H and O–H groups in total. The molecule has 0 amide bonds. The quantitative estimate of drug-likeness (QED) is 0.223. The normalized spacial score (nSPS) is 15.9. The number of hydrogen-bond acceptors (Lipinski definition) is 10. The summed E-state index contributed by atoms with van der Waals surface area (Å²) in [6.45, 7) is 19.9. The molecule has 0 fully saturated rings. The Balaban J connectivity index is 2.98. The standard InChI is InChI=1S/C31H49NO9/c1-16(2)19(7)28(33)40-26-13-12-24(15-27(26)41-29(34)20(8)17(3)4)14-25(32)30(35)37-22(10)23(11)39-31(36)38-21(9)18(5)6/h12-13,15-23,25H,14,32H2,1-11H3/t19?,20?,21?,22-,23?,25-/m0/s1. The van der Waals surface area contributed by atoms with Crippen molar-refractivity contribution in [1.29, 1.82) is 0 Å². The van der Waals surface area contributed by atoms with Crippen LogP contribution in [0.5, 0.6) is 11.5 Å². The molecule has 1 aromatic carbocycles. The second kappa shape index (κ2) is 16.3. The number of carbonyl (C=O) groups excluding carboxylic acids is 4. The van der Waals surface area contributed by atoms with Crippen molar-refractivity contribution in [3.63, 3.8) is 0 Å². The number of nitrogens with two attached hydrogens (primary N) is 1. The van der Waals surface area contributed by atoms with Gasteiger partial charge in [-0.15, -0.1) is 0 Å². The van der Waals surface area contributed by atoms with Crippen molar-refractivity contribution in [2.75, 3.05) is 0 Å². The van der Waals surface area contributed by atoms with Gasteiger partial charge in [0.15, 0.2) is 11.5 Å². The summed E-state index contributed by atoms with van der Waals surface area (Å²) in [6, 6.07) is 3.62. The lowest BCUT2D eigenvalue weighted by Gasteiger charge is -2.23. The molecule has 0 aliphatic heterocycles. The van der Waals surface area contributed by atoms with Crippen molar-refractivity contribution in [3.05, 3.63) is 23.8 Å². The Morgan fingerprint density at radius 2 is 1.07 bits per heavy atom. The van der Waals surface area contributed by atoms with Gasteiger partial charge in [0.1, 0.15) is 24.4 Å². The topological polar surface area (TPSA) is 140 Å². The number of ether oxygens (including phenoxy) is 5. The van der Waals surface area contributed by atoms with E-state index in [4.69, 9.17) is 29.4 Å². The molecule has 0 aliphatic carbocycles. The Bertz CT molecular complexity index is 1040. The fourth-order valence-electron chi connectivity index (χ4n) is 3.06. The summed E-state index contributed by atoms with van der Waals surface area (Å²) in [5.74, 6) is -2.01. The van der Waals surface area contributed by atoms with Gasteiger partial charge in [-0.1, -0.05) is 61.5 Å². The third-order valence-corrected chi connectivity index (χ3v) is 7.40. The zero-order valence-corrected chi connectivity index (χ0v) is 26.4. The van der Waals surface area contributed by atoms with Crippen LogP contribution in [0.15, 0.2) is 18.2 Å². The van der Waals surface area contributed by atoms with E-state index in [0.717, 1.165) is 0 Å². The van der Waals surface area contributed by atoms with E-state index in [9.17, 15) is 19.2 Å². The molecule has 10 nitrogen and oxygen atoms in total. The van der Waals surface area contributed by atoms with E-state index in [0.29, 0.717) is 5.56 Å². The molecule has 4 unspecified atom stereocenters. The monoisotopic (exact) mass is 579 g/mol. The van der Waals surface area contributed by atoms with E-state index < -0.39 is 48.2 Å². The maximum Gasteiger partial charge on any atom is 0.508 e. The van der Waals surface area contributed by atoms with E-state index in [1.807, 2.05) is 41.5 Å². The molecule has 0 bridgehead atoms. The summed E-state index contributed by atoms with van der Waals surface area (Å²) < 4.78 is 27.1. The Morgan fingerprint density at radius 3 is 1.56 bits per heavy atom. The highest BCUT2D eigenvalue weighted by Gasteiger charge is 2.27. The van der Waals surface area contributed by atoms with E-state index in [1.54, 1.807) is 40.7 Å². The number of carbonyl (C=O) groups is 4. The number of rotatable bonds is 14. The van der Waals surface area contributed by atoms with E-state index in [-0.39, 0.29) is 47.7 Å². The Labute approximate surface area is 244 Å². The molecular formula is C31H49NO9. The largest absolute Gasteiger partial charge is 0.508 e. The van der Waals surface area contributed by atoms with Crippen LogP contribution in [-0.2, 0) is 35.0 Å². The molecule has 0 saturated heterocycles. The lowest BCUT2D eigenvalue weighted by Crippen LogP contribution is -2.39. The van der Waals surface area contributed by atoms with Gasteiger partial charge in [0.25, 0.3) is 0 Å². The second-order valence-corrected chi connectivity index (χ2v) is 11.8. The van der Waals surface area contributed by atoms with Crippen molar-refractivity contribution in [2.45, 2.75) is 107 Å². The summed E-state index contributed by atoms with van der Waals surface area (Å²) in [4.78, 5) is 50.1. The average molecular weight is 580 g/mol. The fraction of sp³-hybridized carbons (Fsp3) is 0.677. The van der Waals surface area contributed by atoms with Crippen LogP contribution >= 0.6 is 0 Å². The Morgan fingerprint density at radius 1 is 0.610 bits per heavy atom. The van der Waals surface area contributed by atoms with E-state index >= 15 is 0 Å². The SMILES string of the molecule is CC(C)C(C)OC(=O)OC(C)[C@H](C)OC(=O)[C@@H](N)Cc1ccc(OC(=O)C(C)C(C)C)c(OC(=O)C(C)C(C)C)c1. The van der Waals surface area contributed by atoms with Gasteiger partial charge in [0, 0.05) is 0 Å². The number of hydrogen-bond donors (Lipinski definition) is 1. The molecule has 0 heterocycles. The lowest BCUT2D eigenvalue weighted by molar-refractivity contribution is -0.156. The van der Waals surface area contributed by atoms with Crippen molar-refractivity contribution in [3.8, 4) is 11.5 Å². The first-order valence-corrected chi connectivity index (χ1v) is 14.3. The first-order chi connectivity index (χ1) is 18.9. The first-order valence-electron chi connectivity index (χ1n) is 14.3. The van der Waals surface area contributed by atoms with Crippen molar-refractivity contribution in [2.24, 2.45) is 35.3 Å². The molecule has 0 saturated carbocycles. The summed E-state index contributed by atoms with van der Waals surface area (Å²) in [7, 11) is 0. The zero-order valence-electron chi connectivity index (χ0n) is 26.4. The minimum absolute atomic E-state index is 0.0367. The van der Waals surface area contributed by atoms with Gasteiger partial charge >= 0.3 is 24.1 Å². The lowest BCUT2D eigenvalue weighted by atomic mass is 9.98. The molecule has 0 aliphatic rings. The van der Waals surface area contributed by atoms with Crippen LogP contribution in [0.3, 0.4) is 0 Å². The van der Waals surface area contributed by atoms with Gasteiger partial charge in [0.2, 0.25) is 0 Å². The minimum Gasteiger partial charge on any atom is -0.458 e. The highest BCUT2D eigenvalue weighted by atomic mass is 16.7. The molecule has 0 radical (unpaired) electrons. The van der Waals surface area contributed by atoms with Crippen LogP contribution in [-0.4, -0.2) is 48.4 Å². The summed E-state index contributed by atoms with van der Waals surface area (Å²) in [5.41, 5.74) is 6.69.